The van der Waals surface area contributed by atoms with Crippen molar-refractivity contribution in [3.8, 4) is 44.5 Å². The molecule has 0 aliphatic heterocycles. The van der Waals surface area contributed by atoms with Crippen LogP contribution in [0, 0.1) is 0 Å². The van der Waals surface area contributed by atoms with Gasteiger partial charge < -0.3 is 0 Å². The molecular weight excluding hydrogens is 1030 g/mol. The van der Waals surface area contributed by atoms with Crippen molar-refractivity contribution in [3.05, 3.63) is 228 Å². The van der Waals surface area contributed by atoms with Gasteiger partial charge >= 0.3 is 451 Å². The van der Waals surface area contributed by atoms with Crippen molar-refractivity contribution in [3.63, 3.8) is 0 Å². The first-order valence-corrected chi connectivity index (χ1v) is 43.7. The van der Waals surface area contributed by atoms with Gasteiger partial charge in [0, 0.05) is 0 Å². The van der Waals surface area contributed by atoms with Gasteiger partial charge in [-0.25, -0.2) is 0 Å². The molecule has 10 aromatic carbocycles. The van der Waals surface area contributed by atoms with Gasteiger partial charge in [-0.05, 0) is 0 Å². The molecule has 2 atom stereocenters. The predicted octanol–water partition coefficient (Wildman–Crippen LogP) is 21.7. The van der Waals surface area contributed by atoms with E-state index in [4.69, 9.17) is 0 Å². The maximum absolute atomic E-state index is 9.71. The molecule has 2 aliphatic rings. The molecule has 4 heteroatoms. The summed E-state index contributed by atoms with van der Waals surface area (Å²) in [6.07, 6.45) is 14.0. The summed E-state index contributed by atoms with van der Waals surface area (Å²) >= 11 is -5.59. The van der Waals surface area contributed by atoms with Crippen LogP contribution in [-0.2, 0) is 15.6 Å². The van der Waals surface area contributed by atoms with E-state index in [0.717, 1.165) is 51.4 Å². The molecule has 0 saturated heterocycles. The number of allylic oxidation sites excluding steroid dienone is 2. The van der Waals surface area contributed by atoms with Gasteiger partial charge in [-0.15, -0.1) is 0 Å². The van der Waals surface area contributed by atoms with E-state index in [1.165, 1.54) is 121 Å². The molecule has 0 saturated carbocycles. The van der Waals surface area contributed by atoms with E-state index in [-0.39, 0.29) is 7.25 Å². The summed E-state index contributed by atoms with van der Waals surface area (Å²) in [5.74, 6) is -2.03. The summed E-state index contributed by atoms with van der Waals surface area (Å²) in [5.41, 5.74) is 18.4. The average Bonchev–Trinajstić information content (AvgIpc) is 4.03. The number of hydrogen-bond acceptors (Lipinski definition) is 0. The van der Waals surface area contributed by atoms with Crippen LogP contribution >= 0.6 is 17.0 Å². The van der Waals surface area contributed by atoms with Crippen LogP contribution in [0.4, 0.5) is 0 Å². The third kappa shape index (κ3) is 8.17. The SMILES string of the molecule is CCCCCC1=Cc2c(-c3cccc4ccccc34)ccc(-c3cccc4ccccc34)c2[CH]1[Zr]([Cl])([Cl])([CH]1C(CCCCC)=Cc2c(-c3cccc4ccccc34)ccc(-c3cccc4ccccc34)c21)[SiH](C)C. The van der Waals surface area contributed by atoms with E-state index in [0.29, 0.717) is 0 Å². The van der Waals surface area contributed by atoms with Crippen molar-refractivity contribution in [1.29, 1.82) is 0 Å². The number of hydrogen-bond donors (Lipinski definition) is 0. The standard InChI is InChI=1S/2C34H29.C2H7Si.2ClH.Zr/c2*1-2-3-4-11-24-22-33-31(29-18-9-14-25-12-5-7-16-27(25)29)20-21-32(34(33)23-24)30-19-10-15-26-13-6-8-17-28(26)30;1-3-2;;;/h2*5-10,12-23H,2-4,11H2,1H3;3H,1-2H3;2*1H;/q;;;;;+2/p-2. The monoisotopic (exact) mass is 1090 g/mol. The van der Waals surface area contributed by atoms with Crippen molar-refractivity contribution >= 4 is 78.2 Å². The summed E-state index contributed by atoms with van der Waals surface area (Å²) in [7, 11) is 19.4. The second kappa shape index (κ2) is 20.2. The zero-order valence-corrected chi connectivity index (χ0v) is 48.4. The van der Waals surface area contributed by atoms with Gasteiger partial charge in [0.2, 0.25) is 0 Å². The molecule has 2 aliphatic carbocycles. The summed E-state index contributed by atoms with van der Waals surface area (Å²) in [4.78, 5) is 0. The normalized spacial score (nSPS) is 15.9. The quantitative estimate of drug-likeness (QED) is 0.0709. The molecule has 10 aromatic rings. The van der Waals surface area contributed by atoms with E-state index in [1.807, 2.05) is 0 Å². The predicted molar refractivity (Wildman–Crippen MR) is 325 cm³/mol. The summed E-state index contributed by atoms with van der Waals surface area (Å²) in [6.45, 7) is 9.75. The Kier molecular flexibility index (Phi) is 13.4. The number of unbranched alkanes of at least 4 members (excludes halogenated alkanes) is 4. The second-order valence-electron chi connectivity index (χ2n) is 21.7. The van der Waals surface area contributed by atoms with Crippen molar-refractivity contribution < 1.29 is 15.6 Å². The third-order valence-corrected chi connectivity index (χ3v) is 69.0. The topological polar surface area (TPSA) is 0 Å². The van der Waals surface area contributed by atoms with Crippen LogP contribution in [0.1, 0.15) is 94.7 Å². The molecule has 0 bridgehead atoms. The zero-order chi connectivity index (χ0) is 50.6. The number of rotatable bonds is 15. The molecule has 0 heterocycles. The van der Waals surface area contributed by atoms with E-state index in [9.17, 15) is 17.0 Å². The van der Waals surface area contributed by atoms with Gasteiger partial charge in [0.15, 0.2) is 0 Å². The molecule has 74 heavy (non-hydrogen) atoms. The fourth-order valence-corrected chi connectivity index (χ4v) is 44.8. The first kappa shape index (κ1) is 49.3. The van der Waals surface area contributed by atoms with E-state index < -0.39 is 21.5 Å². The first-order valence-electron chi connectivity index (χ1n) is 27.4. The zero-order valence-electron chi connectivity index (χ0n) is 43.3. The molecule has 12 rings (SSSR count). The van der Waals surface area contributed by atoms with Crippen molar-refractivity contribution in [2.75, 3.05) is 0 Å². The Labute approximate surface area is 447 Å². The van der Waals surface area contributed by atoms with E-state index in [1.54, 1.807) is 0 Å². The molecule has 0 spiro atoms. The fourth-order valence-electron chi connectivity index (χ4n) is 13.6. The summed E-state index contributed by atoms with van der Waals surface area (Å²) < 4.78 is -0.205. The Bertz CT molecular complexity index is 3610. The number of fused-ring (bicyclic) bond motifs is 6. The van der Waals surface area contributed by atoms with Crippen molar-refractivity contribution in [1.82, 2.24) is 0 Å². The Morgan fingerprint density at radius 3 is 0.973 bits per heavy atom. The molecular formula is C70H65Cl2SiZr. The summed E-state index contributed by atoms with van der Waals surface area (Å²) in [5, 5.41) is 10.1. The van der Waals surface area contributed by atoms with Crippen LogP contribution < -0.4 is 0 Å². The van der Waals surface area contributed by atoms with Crippen LogP contribution in [-0.4, -0.2) is 5.92 Å². The Balaban J connectivity index is 1.21. The molecule has 0 N–H and O–H groups in total. The van der Waals surface area contributed by atoms with Gasteiger partial charge in [-0.2, -0.15) is 0 Å². The van der Waals surface area contributed by atoms with Crippen molar-refractivity contribution in [2.45, 2.75) is 85.6 Å². The van der Waals surface area contributed by atoms with Gasteiger partial charge in [-0.1, -0.05) is 0 Å². The minimum absolute atomic E-state index is 0.103. The Morgan fingerprint density at radius 2 is 0.649 bits per heavy atom. The maximum atomic E-state index is 9.71. The molecule has 0 aromatic heterocycles. The number of halogens is 2. The van der Waals surface area contributed by atoms with Gasteiger partial charge in [-0.3, -0.25) is 0 Å². The van der Waals surface area contributed by atoms with Gasteiger partial charge in [0.25, 0.3) is 0 Å². The molecule has 367 valence electrons. The molecule has 2 unspecified atom stereocenters. The van der Waals surface area contributed by atoms with Crippen LogP contribution in [0.5, 0.6) is 0 Å². The van der Waals surface area contributed by atoms with Crippen LogP contribution in [0.3, 0.4) is 0 Å². The van der Waals surface area contributed by atoms with Crippen molar-refractivity contribution in [2.24, 2.45) is 0 Å². The fraction of sp³-hybridized carbons (Fsp3) is 0.200. The Hall–Kier alpha value is -5.60. The average molecular weight is 1100 g/mol. The van der Waals surface area contributed by atoms with Crippen LogP contribution in [0.15, 0.2) is 205 Å². The molecule has 0 radical (unpaired) electrons. The number of benzene rings is 10. The molecule has 0 nitrogen and oxygen atoms in total. The van der Waals surface area contributed by atoms with Gasteiger partial charge in [0.05, 0.1) is 0 Å². The third-order valence-electron chi connectivity index (χ3n) is 17.2. The summed E-state index contributed by atoms with van der Waals surface area (Å²) in [6, 6.07) is 72.8. The van der Waals surface area contributed by atoms with E-state index in [2.05, 4.69) is 233 Å². The Morgan fingerprint density at radius 1 is 0.351 bits per heavy atom. The van der Waals surface area contributed by atoms with Crippen LogP contribution in [0.25, 0.3) is 99.7 Å². The molecule has 0 amide bonds. The minimum atomic E-state index is -5.59. The molecule has 0 fully saturated rings. The first-order chi connectivity index (χ1) is 36.2. The van der Waals surface area contributed by atoms with Gasteiger partial charge in [0.1, 0.15) is 0 Å². The second-order valence-corrected chi connectivity index (χ2v) is 64.2. The van der Waals surface area contributed by atoms with Crippen LogP contribution in [0.2, 0.25) is 13.1 Å². The van der Waals surface area contributed by atoms with E-state index >= 15 is 0 Å².